The molecule has 2 aromatic carbocycles. The predicted molar refractivity (Wildman–Crippen MR) is 101 cm³/mol. The predicted octanol–water partition coefficient (Wildman–Crippen LogP) is 3.50. The number of carbonyl (C=O) groups is 1. The van der Waals surface area contributed by atoms with Gasteiger partial charge in [0.1, 0.15) is 5.75 Å². The van der Waals surface area contributed by atoms with Crippen molar-refractivity contribution in [3.05, 3.63) is 78.1 Å². The van der Waals surface area contributed by atoms with Crippen LogP contribution in [0.3, 0.4) is 0 Å². The molecule has 0 aliphatic heterocycles. The minimum Gasteiger partial charge on any atom is -0.495 e. The number of anilines is 2. The quantitative estimate of drug-likeness (QED) is 0.738. The minimum absolute atomic E-state index is 0.127. The van der Waals surface area contributed by atoms with E-state index in [4.69, 9.17) is 4.74 Å². The van der Waals surface area contributed by atoms with Crippen molar-refractivity contribution in [3.8, 4) is 5.75 Å². The van der Waals surface area contributed by atoms with Crippen LogP contribution >= 0.6 is 0 Å². The molecule has 0 atom stereocenters. The molecule has 1 amide bonds. The van der Waals surface area contributed by atoms with Crippen molar-refractivity contribution >= 4 is 17.5 Å². The number of amides is 1. The summed E-state index contributed by atoms with van der Waals surface area (Å²) in [4.78, 5) is 22.6. The van der Waals surface area contributed by atoms with Gasteiger partial charge in [0.25, 0.3) is 5.91 Å². The van der Waals surface area contributed by atoms with Crippen molar-refractivity contribution in [1.82, 2.24) is 14.9 Å². The number of nitrogens with one attached hydrogen (secondary N) is 1. The fourth-order valence-corrected chi connectivity index (χ4v) is 2.52. The summed E-state index contributed by atoms with van der Waals surface area (Å²) in [7, 11) is 3.36. The van der Waals surface area contributed by atoms with Crippen LogP contribution in [0.15, 0.2) is 67.0 Å². The Bertz CT molecular complexity index is 866. The van der Waals surface area contributed by atoms with E-state index in [1.54, 1.807) is 19.1 Å². The van der Waals surface area contributed by atoms with Gasteiger partial charge in [0.15, 0.2) is 0 Å². The second-order valence-electron chi connectivity index (χ2n) is 5.77. The maximum absolute atomic E-state index is 12.5. The van der Waals surface area contributed by atoms with Gasteiger partial charge in [-0.15, -0.1) is 0 Å². The topological polar surface area (TPSA) is 67.3 Å². The lowest BCUT2D eigenvalue weighted by Crippen LogP contribution is -2.26. The molecule has 26 heavy (non-hydrogen) atoms. The first-order chi connectivity index (χ1) is 12.7. The van der Waals surface area contributed by atoms with E-state index in [-0.39, 0.29) is 5.91 Å². The first-order valence-electron chi connectivity index (χ1n) is 8.19. The van der Waals surface area contributed by atoms with Gasteiger partial charge in [-0.25, -0.2) is 9.97 Å². The number of ether oxygens (including phenoxy) is 1. The van der Waals surface area contributed by atoms with E-state index < -0.39 is 0 Å². The molecule has 0 aliphatic rings. The third kappa shape index (κ3) is 4.16. The number of carbonyl (C=O) groups excluding carboxylic acids is 1. The van der Waals surface area contributed by atoms with E-state index >= 15 is 0 Å². The average molecular weight is 348 g/mol. The monoisotopic (exact) mass is 348 g/mol. The largest absolute Gasteiger partial charge is 0.495 e. The Morgan fingerprint density at radius 2 is 1.69 bits per heavy atom. The molecule has 1 aromatic heterocycles. The second kappa shape index (κ2) is 8.11. The molecule has 6 heteroatoms. The van der Waals surface area contributed by atoms with Crippen LogP contribution < -0.4 is 10.1 Å². The average Bonchev–Trinajstić information content (AvgIpc) is 2.69. The lowest BCUT2D eigenvalue weighted by molar-refractivity contribution is 0.0784. The highest BCUT2D eigenvalue weighted by Crippen LogP contribution is 2.25. The summed E-state index contributed by atoms with van der Waals surface area (Å²) < 4.78 is 5.29. The minimum atomic E-state index is -0.127. The SMILES string of the molecule is COc1ccccc1Nc1ncc(C(=O)N(C)Cc2ccccc2)cn1. The molecule has 0 saturated carbocycles. The number of hydrogen-bond donors (Lipinski definition) is 1. The molecule has 0 spiro atoms. The van der Waals surface area contributed by atoms with Crippen molar-refractivity contribution in [3.63, 3.8) is 0 Å². The van der Waals surface area contributed by atoms with E-state index in [2.05, 4.69) is 15.3 Å². The summed E-state index contributed by atoms with van der Waals surface area (Å²) in [6, 6.07) is 17.3. The summed E-state index contributed by atoms with van der Waals surface area (Å²) in [5.41, 5.74) is 2.27. The lowest BCUT2D eigenvalue weighted by atomic mass is 10.2. The molecule has 3 aromatic rings. The Labute approximate surface area is 152 Å². The van der Waals surface area contributed by atoms with Gasteiger partial charge in [-0.1, -0.05) is 42.5 Å². The maximum atomic E-state index is 12.5. The fraction of sp³-hybridized carbons (Fsp3) is 0.150. The molecule has 1 N–H and O–H groups in total. The summed E-state index contributed by atoms with van der Waals surface area (Å²) >= 11 is 0. The number of methoxy groups -OCH3 is 1. The van der Waals surface area contributed by atoms with Crippen LogP contribution in [0.25, 0.3) is 0 Å². The van der Waals surface area contributed by atoms with Gasteiger partial charge in [0.2, 0.25) is 5.95 Å². The van der Waals surface area contributed by atoms with E-state index in [0.717, 1.165) is 11.3 Å². The van der Waals surface area contributed by atoms with Crippen molar-refractivity contribution in [2.24, 2.45) is 0 Å². The van der Waals surface area contributed by atoms with E-state index in [1.807, 2.05) is 54.6 Å². The third-order valence-electron chi connectivity index (χ3n) is 3.86. The Morgan fingerprint density at radius 1 is 1.04 bits per heavy atom. The van der Waals surface area contributed by atoms with Crippen LogP contribution in [0.5, 0.6) is 5.75 Å². The van der Waals surface area contributed by atoms with E-state index in [0.29, 0.717) is 23.8 Å². The number of para-hydroxylation sites is 2. The van der Waals surface area contributed by atoms with Crippen molar-refractivity contribution in [1.29, 1.82) is 0 Å². The molecule has 0 saturated heterocycles. The van der Waals surface area contributed by atoms with Gasteiger partial charge in [-0.05, 0) is 17.7 Å². The first-order valence-corrected chi connectivity index (χ1v) is 8.19. The zero-order valence-electron chi connectivity index (χ0n) is 14.7. The zero-order chi connectivity index (χ0) is 18.4. The number of nitrogens with zero attached hydrogens (tertiary/aromatic N) is 3. The Balaban J connectivity index is 1.68. The fourth-order valence-electron chi connectivity index (χ4n) is 2.52. The third-order valence-corrected chi connectivity index (χ3v) is 3.86. The molecular formula is C20H20N4O2. The van der Waals surface area contributed by atoms with Gasteiger partial charge in [-0.2, -0.15) is 0 Å². The second-order valence-corrected chi connectivity index (χ2v) is 5.77. The van der Waals surface area contributed by atoms with Crippen LogP contribution in [-0.4, -0.2) is 34.9 Å². The normalized spacial score (nSPS) is 10.2. The van der Waals surface area contributed by atoms with Gasteiger partial charge in [0, 0.05) is 26.0 Å². The Morgan fingerprint density at radius 3 is 2.38 bits per heavy atom. The smallest absolute Gasteiger partial charge is 0.257 e. The van der Waals surface area contributed by atoms with E-state index in [1.165, 1.54) is 12.4 Å². The number of aromatic nitrogens is 2. The summed E-state index contributed by atoms with van der Waals surface area (Å²) in [5.74, 6) is 0.966. The molecule has 6 nitrogen and oxygen atoms in total. The van der Waals surface area contributed by atoms with Gasteiger partial charge in [0.05, 0.1) is 18.4 Å². The molecule has 132 valence electrons. The highest BCUT2D eigenvalue weighted by molar-refractivity contribution is 5.93. The van der Waals surface area contributed by atoms with Crippen molar-refractivity contribution < 1.29 is 9.53 Å². The van der Waals surface area contributed by atoms with Crippen LogP contribution in [0, 0.1) is 0 Å². The van der Waals surface area contributed by atoms with Gasteiger partial charge in [-0.3, -0.25) is 4.79 Å². The molecule has 1 heterocycles. The number of hydrogen-bond acceptors (Lipinski definition) is 5. The first kappa shape index (κ1) is 17.4. The molecule has 0 unspecified atom stereocenters. The molecule has 3 rings (SSSR count). The summed E-state index contributed by atoms with van der Waals surface area (Å²) in [6.45, 7) is 0.529. The molecular weight excluding hydrogens is 328 g/mol. The van der Waals surface area contributed by atoms with Crippen LogP contribution in [0.2, 0.25) is 0 Å². The van der Waals surface area contributed by atoms with Crippen molar-refractivity contribution in [2.75, 3.05) is 19.5 Å². The van der Waals surface area contributed by atoms with E-state index in [9.17, 15) is 4.79 Å². The highest BCUT2D eigenvalue weighted by Gasteiger charge is 2.13. The lowest BCUT2D eigenvalue weighted by Gasteiger charge is -2.17. The molecule has 0 aliphatic carbocycles. The Kier molecular flexibility index (Phi) is 5.43. The highest BCUT2D eigenvalue weighted by atomic mass is 16.5. The summed E-state index contributed by atoms with van der Waals surface area (Å²) in [6.07, 6.45) is 3.04. The van der Waals surface area contributed by atoms with Crippen LogP contribution in [0.4, 0.5) is 11.6 Å². The maximum Gasteiger partial charge on any atom is 0.257 e. The van der Waals surface area contributed by atoms with Crippen molar-refractivity contribution in [2.45, 2.75) is 6.54 Å². The van der Waals surface area contributed by atoms with Crippen LogP contribution in [0.1, 0.15) is 15.9 Å². The molecule has 0 radical (unpaired) electrons. The molecule has 0 bridgehead atoms. The summed E-state index contributed by atoms with van der Waals surface area (Å²) in [5, 5.41) is 3.09. The standard InChI is InChI=1S/C20H20N4O2/c1-24(14-15-8-4-3-5-9-15)19(25)16-12-21-20(22-13-16)23-17-10-6-7-11-18(17)26-2/h3-13H,14H2,1-2H3,(H,21,22,23). The van der Waals surface area contributed by atoms with Crippen LogP contribution in [-0.2, 0) is 6.54 Å². The Hall–Kier alpha value is -3.41. The van der Waals surface area contributed by atoms with Gasteiger partial charge < -0.3 is 15.0 Å². The van der Waals surface area contributed by atoms with Gasteiger partial charge >= 0.3 is 0 Å². The zero-order valence-corrected chi connectivity index (χ0v) is 14.7. The number of rotatable bonds is 6. The molecule has 0 fully saturated rings. The number of benzene rings is 2.